The quantitative estimate of drug-likeness (QED) is 0.816. The van der Waals surface area contributed by atoms with Gasteiger partial charge in [0.25, 0.3) is 0 Å². The van der Waals surface area contributed by atoms with Crippen molar-refractivity contribution in [3.63, 3.8) is 0 Å². The Morgan fingerprint density at radius 3 is 2.67 bits per heavy atom. The minimum absolute atomic E-state index is 0.172. The van der Waals surface area contributed by atoms with Crippen molar-refractivity contribution in [1.29, 1.82) is 0 Å². The number of ether oxygens (including phenoxy) is 1. The Morgan fingerprint density at radius 1 is 1.39 bits per heavy atom. The zero-order valence-corrected chi connectivity index (χ0v) is 10.3. The van der Waals surface area contributed by atoms with Gasteiger partial charge in [-0.2, -0.15) is 5.10 Å². The van der Waals surface area contributed by atoms with Crippen LogP contribution in [0.5, 0.6) is 0 Å². The van der Waals surface area contributed by atoms with Crippen LogP contribution in [0, 0.1) is 6.92 Å². The molecular formula is C11H13N5O2. The standard InChI is InChI=1S/C11H13N5O2/c1-7-9(6-16(2)15-7)12-10-5-4-8(13-14-10)11(17)18-3/h4-6H,1-3H3,(H,12,14). The van der Waals surface area contributed by atoms with E-state index in [1.807, 2.05) is 20.2 Å². The van der Waals surface area contributed by atoms with Crippen molar-refractivity contribution in [3.8, 4) is 0 Å². The third-order valence-electron chi connectivity index (χ3n) is 2.34. The van der Waals surface area contributed by atoms with Crippen LogP contribution in [0.3, 0.4) is 0 Å². The molecule has 1 N–H and O–H groups in total. The number of aryl methyl sites for hydroxylation is 2. The summed E-state index contributed by atoms with van der Waals surface area (Å²) < 4.78 is 6.24. The summed E-state index contributed by atoms with van der Waals surface area (Å²) in [4.78, 5) is 11.2. The van der Waals surface area contributed by atoms with E-state index >= 15 is 0 Å². The summed E-state index contributed by atoms with van der Waals surface area (Å²) in [6, 6.07) is 3.21. The fraction of sp³-hybridized carbons (Fsp3) is 0.273. The number of nitrogens with zero attached hydrogens (tertiary/aromatic N) is 4. The fourth-order valence-corrected chi connectivity index (χ4v) is 1.47. The number of aromatic nitrogens is 4. The third kappa shape index (κ3) is 2.45. The SMILES string of the molecule is COC(=O)c1ccc(Nc2cn(C)nc2C)nn1. The molecular weight excluding hydrogens is 234 g/mol. The summed E-state index contributed by atoms with van der Waals surface area (Å²) in [6.45, 7) is 1.89. The van der Waals surface area contributed by atoms with Crippen LogP contribution in [0.15, 0.2) is 18.3 Å². The van der Waals surface area contributed by atoms with Gasteiger partial charge in [-0.05, 0) is 19.1 Å². The lowest BCUT2D eigenvalue weighted by atomic mass is 10.3. The van der Waals surface area contributed by atoms with Gasteiger partial charge in [-0.1, -0.05) is 0 Å². The summed E-state index contributed by atoms with van der Waals surface area (Å²) >= 11 is 0. The van der Waals surface area contributed by atoms with E-state index in [9.17, 15) is 4.79 Å². The van der Waals surface area contributed by atoms with E-state index < -0.39 is 5.97 Å². The van der Waals surface area contributed by atoms with E-state index in [4.69, 9.17) is 0 Å². The molecule has 7 heteroatoms. The number of hydrogen-bond donors (Lipinski definition) is 1. The van der Waals surface area contributed by atoms with Gasteiger partial charge in [-0.3, -0.25) is 4.68 Å². The van der Waals surface area contributed by atoms with E-state index in [0.717, 1.165) is 11.4 Å². The number of carbonyl (C=O) groups is 1. The molecule has 0 atom stereocenters. The van der Waals surface area contributed by atoms with E-state index in [1.165, 1.54) is 7.11 Å². The topological polar surface area (TPSA) is 81.9 Å². The Bertz CT molecular complexity index is 561. The lowest BCUT2D eigenvalue weighted by molar-refractivity contribution is 0.0593. The Kier molecular flexibility index (Phi) is 3.22. The summed E-state index contributed by atoms with van der Waals surface area (Å²) in [6.07, 6.45) is 1.84. The molecule has 0 bridgehead atoms. The van der Waals surface area contributed by atoms with Gasteiger partial charge in [0.2, 0.25) is 0 Å². The number of carbonyl (C=O) groups excluding carboxylic acids is 1. The molecule has 2 rings (SSSR count). The zero-order valence-electron chi connectivity index (χ0n) is 10.3. The largest absolute Gasteiger partial charge is 0.464 e. The summed E-state index contributed by atoms with van der Waals surface area (Å²) in [5, 5.41) is 14.9. The molecule has 2 aromatic heterocycles. The molecule has 0 aliphatic heterocycles. The molecule has 0 fully saturated rings. The Morgan fingerprint density at radius 2 is 2.17 bits per heavy atom. The highest BCUT2D eigenvalue weighted by atomic mass is 16.5. The van der Waals surface area contributed by atoms with E-state index in [0.29, 0.717) is 5.82 Å². The van der Waals surface area contributed by atoms with Gasteiger partial charge in [0.15, 0.2) is 11.5 Å². The van der Waals surface area contributed by atoms with Crippen LogP contribution >= 0.6 is 0 Å². The minimum atomic E-state index is -0.508. The van der Waals surface area contributed by atoms with Crippen LogP contribution in [-0.4, -0.2) is 33.1 Å². The number of hydrogen-bond acceptors (Lipinski definition) is 6. The molecule has 7 nitrogen and oxygen atoms in total. The molecule has 0 saturated heterocycles. The van der Waals surface area contributed by atoms with Crippen LogP contribution in [0.25, 0.3) is 0 Å². The van der Waals surface area contributed by atoms with Gasteiger partial charge >= 0.3 is 5.97 Å². The Hall–Kier alpha value is -2.44. The van der Waals surface area contributed by atoms with Gasteiger partial charge in [0.05, 0.1) is 18.5 Å². The van der Waals surface area contributed by atoms with Crippen molar-refractivity contribution in [3.05, 3.63) is 29.7 Å². The molecule has 2 aromatic rings. The van der Waals surface area contributed by atoms with Gasteiger partial charge in [-0.25, -0.2) is 4.79 Å². The molecule has 2 heterocycles. The molecule has 0 amide bonds. The second-order valence-corrected chi connectivity index (χ2v) is 3.72. The van der Waals surface area contributed by atoms with Crippen LogP contribution in [0.4, 0.5) is 11.5 Å². The highest BCUT2D eigenvalue weighted by Gasteiger charge is 2.09. The van der Waals surface area contributed by atoms with Crippen LogP contribution < -0.4 is 5.32 Å². The Balaban J connectivity index is 2.16. The molecule has 0 spiro atoms. The average molecular weight is 247 g/mol. The second kappa shape index (κ2) is 4.82. The van der Waals surface area contributed by atoms with Crippen molar-refractivity contribution in [2.75, 3.05) is 12.4 Å². The number of anilines is 2. The molecule has 0 radical (unpaired) electrons. The first-order chi connectivity index (χ1) is 8.60. The molecule has 0 aliphatic rings. The molecule has 18 heavy (non-hydrogen) atoms. The lowest BCUT2D eigenvalue weighted by Gasteiger charge is -2.03. The highest BCUT2D eigenvalue weighted by molar-refractivity contribution is 5.87. The zero-order chi connectivity index (χ0) is 13.1. The van der Waals surface area contributed by atoms with Crippen molar-refractivity contribution in [2.45, 2.75) is 6.92 Å². The Labute approximate surface area is 104 Å². The normalized spacial score (nSPS) is 10.2. The molecule has 0 aromatic carbocycles. The van der Waals surface area contributed by atoms with Crippen molar-refractivity contribution < 1.29 is 9.53 Å². The predicted octanol–water partition coefficient (Wildman–Crippen LogP) is 1.05. The summed E-state index contributed by atoms with van der Waals surface area (Å²) in [5.74, 6) is 0.0327. The van der Waals surface area contributed by atoms with E-state index in [1.54, 1.807) is 16.8 Å². The predicted molar refractivity (Wildman–Crippen MR) is 64.6 cm³/mol. The lowest BCUT2D eigenvalue weighted by Crippen LogP contribution is -2.06. The van der Waals surface area contributed by atoms with Gasteiger partial charge in [-0.15, -0.1) is 10.2 Å². The average Bonchev–Trinajstić information content (AvgIpc) is 2.68. The first kappa shape index (κ1) is 12.0. The highest BCUT2D eigenvalue weighted by Crippen LogP contribution is 2.16. The third-order valence-corrected chi connectivity index (χ3v) is 2.34. The maximum absolute atomic E-state index is 11.2. The number of nitrogens with one attached hydrogen (secondary N) is 1. The minimum Gasteiger partial charge on any atom is -0.464 e. The first-order valence-electron chi connectivity index (χ1n) is 5.29. The molecule has 0 saturated carbocycles. The van der Waals surface area contributed by atoms with E-state index in [2.05, 4.69) is 25.3 Å². The van der Waals surface area contributed by atoms with Crippen molar-refractivity contribution >= 4 is 17.5 Å². The van der Waals surface area contributed by atoms with Crippen LogP contribution in [0.2, 0.25) is 0 Å². The van der Waals surface area contributed by atoms with Crippen molar-refractivity contribution in [2.24, 2.45) is 7.05 Å². The number of methoxy groups -OCH3 is 1. The molecule has 0 aliphatic carbocycles. The van der Waals surface area contributed by atoms with Gasteiger partial charge in [0.1, 0.15) is 0 Å². The smallest absolute Gasteiger partial charge is 0.358 e. The molecule has 0 unspecified atom stereocenters. The van der Waals surface area contributed by atoms with Crippen molar-refractivity contribution in [1.82, 2.24) is 20.0 Å². The van der Waals surface area contributed by atoms with Gasteiger partial charge in [0, 0.05) is 13.2 Å². The van der Waals surface area contributed by atoms with Gasteiger partial charge < -0.3 is 10.1 Å². The summed E-state index contributed by atoms with van der Waals surface area (Å²) in [7, 11) is 3.14. The van der Waals surface area contributed by atoms with Crippen LogP contribution in [0.1, 0.15) is 16.2 Å². The maximum Gasteiger partial charge on any atom is 0.358 e. The van der Waals surface area contributed by atoms with Crippen LogP contribution in [-0.2, 0) is 11.8 Å². The maximum atomic E-state index is 11.2. The number of rotatable bonds is 3. The molecule has 94 valence electrons. The van der Waals surface area contributed by atoms with E-state index in [-0.39, 0.29) is 5.69 Å². The first-order valence-corrected chi connectivity index (χ1v) is 5.29. The monoisotopic (exact) mass is 247 g/mol. The summed E-state index contributed by atoms with van der Waals surface area (Å²) in [5.41, 5.74) is 1.87. The fourth-order valence-electron chi connectivity index (χ4n) is 1.47. The number of esters is 1. The second-order valence-electron chi connectivity index (χ2n) is 3.72.